The van der Waals surface area contributed by atoms with E-state index >= 15 is 0 Å². The van der Waals surface area contributed by atoms with Crippen LogP contribution in [0.3, 0.4) is 0 Å². The first-order valence-electron chi connectivity index (χ1n) is 9.69. The molecule has 166 valence electrons. The van der Waals surface area contributed by atoms with E-state index in [-0.39, 0.29) is 12.2 Å². The second kappa shape index (κ2) is 12.2. The standard InChI is InChI=1S/C25H25ClN2O4/c1-28(2)21-14-23(30-3)22(24(15-21)31-4)12-7-5-6-10-19(16-27)25(29)32-17-18-9-8-11-20(26)13-18/h5-15H,17H2,1-4H3/b6-5+,12-7+,19-10+. The van der Waals surface area contributed by atoms with Crippen LogP contribution in [-0.4, -0.2) is 34.3 Å². The van der Waals surface area contributed by atoms with E-state index in [0.29, 0.717) is 16.5 Å². The fourth-order valence-corrected chi connectivity index (χ4v) is 2.93. The SMILES string of the molecule is COc1cc(N(C)C)cc(OC)c1/C=C/C=C/C=C(\C#N)C(=O)OCc1cccc(Cl)c1. The van der Waals surface area contributed by atoms with Gasteiger partial charge in [0, 0.05) is 36.9 Å². The molecule has 0 heterocycles. The molecule has 0 aliphatic carbocycles. The van der Waals surface area contributed by atoms with Gasteiger partial charge in [0.15, 0.2) is 0 Å². The van der Waals surface area contributed by atoms with Crippen LogP contribution in [0.4, 0.5) is 5.69 Å². The Hall–Kier alpha value is -3.69. The number of halogens is 1. The zero-order valence-corrected chi connectivity index (χ0v) is 19.2. The largest absolute Gasteiger partial charge is 0.496 e. The Balaban J connectivity index is 2.08. The van der Waals surface area contributed by atoms with Gasteiger partial charge in [0.1, 0.15) is 29.7 Å². The van der Waals surface area contributed by atoms with Gasteiger partial charge in [0.25, 0.3) is 0 Å². The van der Waals surface area contributed by atoms with Gasteiger partial charge in [0.2, 0.25) is 0 Å². The highest BCUT2D eigenvalue weighted by Crippen LogP contribution is 2.35. The number of ether oxygens (including phenoxy) is 3. The first-order valence-corrected chi connectivity index (χ1v) is 10.1. The maximum absolute atomic E-state index is 12.1. The van der Waals surface area contributed by atoms with Crippen molar-refractivity contribution in [1.82, 2.24) is 0 Å². The van der Waals surface area contributed by atoms with Gasteiger partial charge < -0.3 is 19.1 Å². The summed E-state index contributed by atoms with van der Waals surface area (Å²) in [5.74, 6) is 0.620. The molecular weight excluding hydrogens is 428 g/mol. The smallest absolute Gasteiger partial charge is 0.349 e. The third kappa shape index (κ3) is 6.93. The van der Waals surface area contributed by atoms with Crippen molar-refractivity contribution in [3.8, 4) is 17.6 Å². The van der Waals surface area contributed by atoms with Crippen LogP contribution in [0.1, 0.15) is 11.1 Å². The van der Waals surface area contributed by atoms with Crippen molar-refractivity contribution in [2.24, 2.45) is 0 Å². The highest BCUT2D eigenvalue weighted by molar-refractivity contribution is 6.30. The number of methoxy groups -OCH3 is 2. The molecule has 2 aromatic rings. The molecule has 0 fully saturated rings. The number of rotatable bonds is 9. The van der Waals surface area contributed by atoms with E-state index < -0.39 is 5.97 Å². The number of carbonyl (C=O) groups is 1. The molecule has 0 saturated carbocycles. The summed E-state index contributed by atoms with van der Waals surface area (Å²) in [7, 11) is 7.06. The molecule has 0 aromatic heterocycles. The summed E-state index contributed by atoms with van der Waals surface area (Å²) in [6, 6.07) is 12.7. The molecule has 6 nitrogen and oxygen atoms in total. The Kier molecular flexibility index (Phi) is 9.40. The second-order valence-corrected chi connectivity index (χ2v) is 7.24. The fourth-order valence-electron chi connectivity index (χ4n) is 2.72. The van der Waals surface area contributed by atoms with Crippen molar-refractivity contribution >= 4 is 29.3 Å². The maximum Gasteiger partial charge on any atom is 0.349 e. The van der Waals surface area contributed by atoms with E-state index in [4.69, 9.17) is 25.8 Å². The third-order valence-electron chi connectivity index (χ3n) is 4.39. The molecule has 32 heavy (non-hydrogen) atoms. The summed E-state index contributed by atoms with van der Waals surface area (Å²) in [6.07, 6.45) is 8.26. The number of nitrogens with zero attached hydrogens (tertiary/aromatic N) is 2. The van der Waals surface area contributed by atoms with Crippen molar-refractivity contribution in [2.75, 3.05) is 33.2 Å². The Morgan fingerprint density at radius 1 is 1.09 bits per heavy atom. The van der Waals surface area contributed by atoms with Crippen LogP contribution >= 0.6 is 11.6 Å². The maximum atomic E-state index is 12.1. The van der Waals surface area contributed by atoms with Crippen LogP contribution in [-0.2, 0) is 16.1 Å². The van der Waals surface area contributed by atoms with Gasteiger partial charge in [-0.25, -0.2) is 4.79 Å². The Labute approximate surface area is 193 Å². The molecule has 7 heteroatoms. The van der Waals surface area contributed by atoms with Gasteiger partial charge in [-0.1, -0.05) is 42.0 Å². The lowest BCUT2D eigenvalue weighted by Crippen LogP contribution is -2.09. The predicted molar refractivity (Wildman–Crippen MR) is 127 cm³/mol. The lowest BCUT2D eigenvalue weighted by atomic mass is 10.1. The summed E-state index contributed by atoms with van der Waals surface area (Å²) in [5, 5.41) is 9.80. The van der Waals surface area contributed by atoms with Crippen molar-refractivity contribution in [3.63, 3.8) is 0 Å². The zero-order chi connectivity index (χ0) is 23.5. The van der Waals surface area contributed by atoms with Crippen LogP contribution in [0.5, 0.6) is 11.5 Å². The van der Waals surface area contributed by atoms with Crippen LogP contribution < -0.4 is 14.4 Å². The quantitative estimate of drug-likeness (QED) is 0.226. The first-order chi connectivity index (χ1) is 15.4. The van der Waals surface area contributed by atoms with Gasteiger partial charge in [0.05, 0.1) is 19.8 Å². The monoisotopic (exact) mass is 452 g/mol. The summed E-state index contributed by atoms with van der Waals surface area (Å²) in [5.41, 5.74) is 2.35. The molecule has 0 spiro atoms. The van der Waals surface area contributed by atoms with Crippen LogP contribution in [0.2, 0.25) is 5.02 Å². The van der Waals surface area contributed by atoms with Gasteiger partial charge in [-0.3, -0.25) is 0 Å². The number of esters is 1. The van der Waals surface area contributed by atoms with Gasteiger partial charge in [-0.2, -0.15) is 5.26 Å². The molecule has 0 bridgehead atoms. The number of nitriles is 1. The zero-order valence-electron chi connectivity index (χ0n) is 18.5. The second-order valence-electron chi connectivity index (χ2n) is 6.80. The van der Waals surface area contributed by atoms with Crippen molar-refractivity contribution in [2.45, 2.75) is 6.61 Å². The van der Waals surface area contributed by atoms with Crippen LogP contribution in [0, 0.1) is 11.3 Å². The highest BCUT2D eigenvalue weighted by atomic mass is 35.5. The topological polar surface area (TPSA) is 71.8 Å². The minimum Gasteiger partial charge on any atom is -0.496 e. The van der Waals surface area contributed by atoms with E-state index in [2.05, 4.69) is 0 Å². The Bertz CT molecular complexity index is 1060. The number of hydrogen-bond donors (Lipinski definition) is 0. The Morgan fingerprint density at radius 3 is 2.34 bits per heavy atom. The molecule has 0 amide bonds. The number of anilines is 1. The van der Waals surface area contributed by atoms with E-state index in [0.717, 1.165) is 16.8 Å². The van der Waals surface area contributed by atoms with E-state index in [1.54, 1.807) is 56.7 Å². The molecule has 0 saturated heterocycles. The molecule has 2 aromatic carbocycles. The molecule has 0 unspecified atom stereocenters. The fraction of sp³-hybridized carbons (Fsp3) is 0.200. The van der Waals surface area contributed by atoms with E-state index in [9.17, 15) is 10.1 Å². The minimum absolute atomic E-state index is 0.0323. The normalized spacial score (nSPS) is 11.4. The van der Waals surface area contributed by atoms with Gasteiger partial charge in [-0.05, 0) is 29.8 Å². The summed E-state index contributed by atoms with van der Waals surface area (Å²) < 4.78 is 16.2. The summed E-state index contributed by atoms with van der Waals surface area (Å²) in [4.78, 5) is 14.1. The van der Waals surface area contributed by atoms with E-state index in [1.807, 2.05) is 43.3 Å². The molecule has 0 radical (unpaired) electrons. The number of carbonyl (C=O) groups excluding carboxylic acids is 1. The van der Waals surface area contributed by atoms with Gasteiger partial charge >= 0.3 is 5.97 Å². The average molecular weight is 453 g/mol. The van der Waals surface area contributed by atoms with Crippen LogP contribution in [0.15, 0.2) is 66.3 Å². The predicted octanol–water partition coefficient (Wildman–Crippen LogP) is 5.19. The molecule has 0 atom stereocenters. The Morgan fingerprint density at radius 2 is 1.78 bits per heavy atom. The van der Waals surface area contributed by atoms with E-state index in [1.165, 1.54) is 6.08 Å². The molecule has 0 N–H and O–H groups in total. The third-order valence-corrected chi connectivity index (χ3v) is 4.63. The lowest BCUT2D eigenvalue weighted by molar-refractivity contribution is -0.139. The molecule has 2 rings (SSSR count). The average Bonchev–Trinajstić information content (AvgIpc) is 2.79. The van der Waals surface area contributed by atoms with Crippen molar-refractivity contribution in [3.05, 3.63) is 82.4 Å². The first kappa shape index (κ1) is 24.6. The van der Waals surface area contributed by atoms with Crippen molar-refractivity contribution in [1.29, 1.82) is 5.26 Å². The van der Waals surface area contributed by atoms with Crippen molar-refractivity contribution < 1.29 is 19.0 Å². The summed E-state index contributed by atoms with van der Waals surface area (Å²) in [6.45, 7) is 0.0323. The number of hydrogen-bond acceptors (Lipinski definition) is 6. The molecular formula is C25H25ClN2O4. The molecule has 0 aliphatic heterocycles. The molecule has 0 aliphatic rings. The van der Waals surface area contributed by atoms with Crippen LogP contribution in [0.25, 0.3) is 6.08 Å². The minimum atomic E-state index is -0.705. The highest BCUT2D eigenvalue weighted by Gasteiger charge is 2.11. The summed E-state index contributed by atoms with van der Waals surface area (Å²) >= 11 is 5.91. The van der Waals surface area contributed by atoms with Gasteiger partial charge in [-0.15, -0.1) is 0 Å². The number of benzene rings is 2. The number of allylic oxidation sites excluding steroid dienone is 4. The lowest BCUT2D eigenvalue weighted by Gasteiger charge is -2.17.